The van der Waals surface area contributed by atoms with Crippen LogP contribution in [0.4, 0.5) is 5.69 Å². The molecule has 0 amide bonds. The summed E-state index contributed by atoms with van der Waals surface area (Å²) in [5, 5.41) is 18.7. The minimum absolute atomic E-state index is 0.00498. The van der Waals surface area contributed by atoms with Crippen molar-refractivity contribution >= 4 is 33.2 Å². The zero-order valence-electron chi connectivity index (χ0n) is 12.0. The molecule has 0 radical (unpaired) electrons. The maximum atomic E-state index is 10.7. The lowest BCUT2D eigenvalue weighted by molar-refractivity contribution is -0.384. The van der Waals surface area contributed by atoms with E-state index in [1.165, 1.54) is 18.2 Å². The Labute approximate surface area is 149 Å². The number of nitro benzene ring substituents is 1. The molecule has 24 heavy (non-hydrogen) atoms. The minimum atomic E-state index is -0.530. The van der Waals surface area contributed by atoms with E-state index in [2.05, 4.69) is 26.1 Å². The summed E-state index contributed by atoms with van der Waals surface area (Å²) in [5.41, 5.74) is 0.658. The van der Waals surface area contributed by atoms with Crippen LogP contribution >= 0.6 is 27.5 Å². The van der Waals surface area contributed by atoms with E-state index in [-0.39, 0.29) is 23.2 Å². The molecule has 3 rings (SSSR count). The maximum Gasteiger partial charge on any atom is 0.271 e. The number of nitro groups is 1. The fraction of sp³-hybridized carbons (Fsp3) is 0.0667. The number of aromatic nitrogens is 2. The van der Waals surface area contributed by atoms with Crippen molar-refractivity contribution in [3.8, 4) is 17.2 Å². The van der Waals surface area contributed by atoms with Gasteiger partial charge in [0.1, 0.15) is 5.75 Å². The van der Waals surface area contributed by atoms with Crippen LogP contribution in [0.15, 0.2) is 51.4 Å². The molecule has 7 nitrogen and oxygen atoms in total. The molecule has 9 heteroatoms. The molecule has 0 aliphatic rings. The van der Waals surface area contributed by atoms with E-state index < -0.39 is 4.92 Å². The summed E-state index contributed by atoms with van der Waals surface area (Å²) in [5.74, 6) is 0.911. The number of hydrogen-bond donors (Lipinski definition) is 0. The normalized spacial score (nSPS) is 10.6. The molecule has 1 aromatic heterocycles. The van der Waals surface area contributed by atoms with E-state index in [0.717, 1.165) is 10.0 Å². The van der Waals surface area contributed by atoms with Crippen molar-refractivity contribution in [2.24, 2.45) is 0 Å². The van der Waals surface area contributed by atoms with Crippen LogP contribution in [0.25, 0.3) is 11.5 Å². The van der Waals surface area contributed by atoms with E-state index in [1.54, 1.807) is 0 Å². The van der Waals surface area contributed by atoms with Gasteiger partial charge in [0.25, 0.3) is 11.6 Å². The summed E-state index contributed by atoms with van der Waals surface area (Å²) in [7, 11) is 0. The van der Waals surface area contributed by atoms with Gasteiger partial charge in [-0.15, -0.1) is 10.2 Å². The van der Waals surface area contributed by atoms with Crippen molar-refractivity contribution in [1.29, 1.82) is 0 Å². The van der Waals surface area contributed by atoms with E-state index in [4.69, 9.17) is 20.8 Å². The fourth-order valence-corrected chi connectivity index (χ4v) is 2.60. The smallest absolute Gasteiger partial charge is 0.271 e. The van der Waals surface area contributed by atoms with Gasteiger partial charge in [0.2, 0.25) is 5.89 Å². The lowest BCUT2D eigenvalue weighted by Gasteiger charge is -2.05. The standard InChI is InChI=1S/C15H9BrClN3O4/c16-11-4-2-1-3-10(11)15-19-18-14(24-15)8-23-13-6-5-9(20(21)22)7-12(13)17/h1-7H,8H2. The third kappa shape index (κ3) is 3.55. The van der Waals surface area contributed by atoms with Gasteiger partial charge < -0.3 is 9.15 Å². The number of rotatable bonds is 5. The average Bonchev–Trinajstić information content (AvgIpc) is 3.02. The van der Waals surface area contributed by atoms with Gasteiger partial charge in [-0.1, -0.05) is 23.7 Å². The third-order valence-electron chi connectivity index (χ3n) is 3.05. The Morgan fingerprint density at radius 1 is 1.25 bits per heavy atom. The van der Waals surface area contributed by atoms with Crippen LogP contribution in [-0.2, 0) is 6.61 Å². The Morgan fingerprint density at radius 2 is 2.04 bits per heavy atom. The highest BCUT2D eigenvalue weighted by molar-refractivity contribution is 9.10. The minimum Gasteiger partial charge on any atom is -0.482 e. The quantitative estimate of drug-likeness (QED) is 0.449. The first-order chi connectivity index (χ1) is 11.5. The number of ether oxygens (including phenoxy) is 1. The van der Waals surface area contributed by atoms with Crippen LogP contribution in [0.3, 0.4) is 0 Å². The summed E-state index contributed by atoms with van der Waals surface area (Å²) in [6, 6.07) is 11.4. The summed E-state index contributed by atoms with van der Waals surface area (Å²) in [6.07, 6.45) is 0. The zero-order valence-corrected chi connectivity index (χ0v) is 14.3. The lowest BCUT2D eigenvalue weighted by Crippen LogP contribution is -1.97. The first-order valence-corrected chi connectivity index (χ1v) is 7.85. The van der Waals surface area contributed by atoms with Gasteiger partial charge in [0, 0.05) is 16.6 Å². The maximum absolute atomic E-state index is 10.7. The molecule has 0 saturated heterocycles. The molecule has 1 heterocycles. The van der Waals surface area contributed by atoms with Crippen LogP contribution in [-0.4, -0.2) is 15.1 Å². The molecule has 0 aliphatic heterocycles. The molecule has 0 bridgehead atoms. The second-order valence-electron chi connectivity index (χ2n) is 4.64. The molecule has 0 unspecified atom stereocenters. The number of hydrogen-bond acceptors (Lipinski definition) is 6. The average molecular weight is 411 g/mol. The summed E-state index contributed by atoms with van der Waals surface area (Å²) < 4.78 is 11.9. The van der Waals surface area contributed by atoms with Crippen LogP contribution < -0.4 is 4.74 Å². The second-order valence-corrected chi connectivity index (χ2v) is 5.90. The summed E-state index contributed by atoms with van der Waals surface area (Å²) in [6.45, 7) is -0.00498. The molecule has 0 aliphatic carbocycles. The van der Waals surface area contributed by atoms with Gasteiger partial charge in [-0.3, -0.25) is 10.1 Å². The Morgan fingerprint density at radius 3 is 2.75 bits per heavy atom. The number of nitrogens with zero attached hydrogens (tertiary/aromatic N) is 3. The van der Waals surface area contributed by atoms with Gasteiger partial charge in [0.15, 0.2) is 6.61 Å². The van der Waals surface area contributed by atoms with Crippen molar-refractivity contribution in [2.75, 3.05) is 0 Å². The van der Waals surface area contributed by atoms with E-state index in [1.807, 2.05) is 24.3 Å². The van der Waals surface area contributed by atoms with Crippen molar-refractivity contribution in [1.82, 2.24) is 10.2 Å². The van der Waals surface area contributed by atoms with Gasteiger partial charge in [-0.05, 0) is 34.1 Å². The molecule has 0 saturated carbocycles. The molecule has 2 aromatic carbocycles. The predicted molar refractivity (Wildman–Crippen MR) is 89.9 cm³/mol. The third-order valence-corrected chi connectivity index (χ3v) is 4.04. The van der Waals surface area contributed by atoms with Crippen molar-refractivity contribution in [3.05, 3.63) is 68.0 Å². The summed E-state index contributed by atoms with van der Waals surface area (Å²) >= 11 is 9.37. The Bertz CT molecular complexity index is 900. The van der Waals surface area contributed by atoms with Crippen LogP contribution in [0.1, 0.15) is 5.89 Å². The van der Waals surface area contributed by atoms with Crippen molar-refractivity contribution in [3.63, 3.8) is 0 Å². The van der Waals surface area contributed by atoms with E-state index in [0.29, 0.717) is 11.6 Å². The molecular weight excluding hydrogens is 402 g/mol. The van der Waals surface area contributed by atoms with E-state index >= 15 is 0 Å². The molecule has 0 atom stereocenters. The number of benzene rings is 2. The Kier molecular flexibility index (Phi) is 4.77. The molecule has 122 valence electrons. The number of non-ortho nitro benzene ring substituents is 1. The first-order valence-electron chi connectivity index (χ1n) is 6.68. The second kappa shape index (κ2) is 6.98. The lowest BCUT2D eigenvalue weighted by atomic mass is 10.2. The van der Waals surface area contributed by atoms with Crippen LogP contribution in [0.2, 0.25) is 5.02 Å². The highest BCUT2D eigenvalue weighted by Crippen LogP contribution is 2.30. The van der Waals surface area contributed by atoms with Crippen molar-refractivity contribution < 1.29 is 14.1 Å². The molecular formula is C15H9BrClN3O4. The van der Waals surface area contributed by atoms with Crippen LogP contribution in [0.5, 0.6) is 5.75 Å². The summed E-state index contributed by atoms with van der Waals surface area (Å²) in [4.78, 5) is 10.1. The highest BCUT2D eigenvalue weighted by Gasteiger charge is 2.14. The topological polar surface area (TPSA) is 91.3 Å². The molecule has 0 N–H and O–H groups in total. The Balaban J connectivity index is 1.72. The largest absolute Gasteiger partial charge is 0.482 e. The zero-order chi connectivity index (χ0) is 17.1. The monoisotopic (exact) mass is 409 g/mol. The van der Waals surface area contributed by atoms with E-state index in [9.17, 15) is 10.1 Å². The molecule has 3 aromatic rings. The van der Waals surface area contributed by atoms with Gasteiger partial charge in [-0.25, -0.2) is 0 Å². The molecule has 0 spiro atoms. The number of halogens is 2. The Hall–Kier alpha value is -2.45. The SMILES string of the molecule is O=[N+]([O-])c1ccc(OCc2nnc(-c3ccccc3Br)o2)c(Cl)c1. The molecule has 0 fully saturated rings. The van der Waals surface area contributed by atoms with Gasteiger partial charge >= 0.3 is 0 Å². The van der Waals surface area contributed by atoms with Crippen LogP contribution in [0, 0.1) is 10.1 Å². The van der Waals surface area contributed by atoms with Gasteiger partial charge in [-0.2, -0.15) is 0 Å². The first kappa shape index (κ1) is 16.4. The highest BCUT2D eigenvalue weighted by atomic mass is 79.9. The fourth-order valence-electron chi connectivity index (χ4n) is 1.92. The van der Waals surface area contributed by atoms with Crippen molar-refractivity contribution in [2.45, 2.75) is 6.61 Å². The van der Waals surface area contributed by atoms with Gasteiger partial charge in [0.05, 0.1) is 15.5 Å². The predicted octanol–water partition coefficient (Wildman–Crippen LogP) is 4.64.